The number of aryl methyl sites for hydroxylation is 1. The first-order valence-corrected chi connectivity index (χ1v) is 6.52. The largest absolute Gasteiger partial charge is 0.468 e. The van der Waals surface area contributed by atoms with Gasteiger partial charge in [0.2, 0.25) is 0 Å². The predicted molar refractivity (Wildman–Crippen MR) is 76.9 cm³/mol. The third-order valence-electron chi connectivity index (χ3n) is 3.35. The zero-order valence-corrected chi connectivity index (χ0v) is 11.1. The second-order valence-electron chi connectivity index (χ2n) is 4.66. The number of benzene rings is 2. The van der Waals surface area contributed by atoms with Crippen LogP contribution in [0.4, 0.5) is 0 Å². The summed E-state index contributed by atoms with van der Waals surface area (Å²) in [6.07, 6.45) is 2.45. The lowest BCUT2D eigenvalue weighted by atomic mass is 9.99. The summed E-state index contributed by atoms with van der Waals surface area (Å²) in [4.78, 5) is 11.2. The molecule has 0 aromatic heterocycles. The molecular weight excluding hydrogens is 238 g/mol. The van der Waals surface area contributed by atoms with Gasteiger partial charge in [-0.1, -0.05) is 42.5 Å². The van der Waals surface area contributed by atoms with Crippen molar-refractivity contribution >= 4 is 16.7 Å². The lowest BCUT2D eigenvalue weighted by molar-refractivity contribution is -0.142. The molecule has 3 nitrogen and oxygen atoms in total. The number of esters is 1. The van der Waals surface area contributed by atoms with E-state index in [1.54, 1.807) is 0 Å². The monoisotopic (exact) mass is 257 g/mol. The van der Waals surface area contributed by atoms with Crippen LogP contribution in [0.3, 0.4) is 0 Å². The first-order valence-electron chi connectivity index (χ1n) is 6.52. The molecule has 1 unspecified atom stereocenters. The highest BCUT2D eigenvalue weighted by Crippen LogP contribution is 2.20. The molecule has 0 spiro atoms. The Kier molecular flexibility index (Phi) is 4.53. The summed E-state index contributed by atoms with van der Waals surface area (Å²) in [5.41, 5.74) is 7.03. The number of ether oxygens (including phenoxy) is 1. The van der Waals surface area contributed by atoms with Gasteiger partial charge in [0.15, 0.2) is 0 Å². The smallest absolute Gasteiger partial charge is 0.322 e. The molecule has 1 atom stereocenters. The van der Waals surface area contributed by atoms with Crippen molar-refractivity contribution in [1.82, 2.24) is 0 Å². The van der Waals surface area contributed by atoms with E-state index in [1.165, 1.54) is 23.4 Å². The van der Waals surface area contributed by atoms with E-state index in [0.29, 0.717) is 6.42 Å². The van der Waals surface area contributed by atoms with Crippen LogP contribution in [-0.4, -0.2) is 19.1 Å². The fraction of sp³-hybridized carbons (Fsp3) is 0.312. The molecule has 2 rings (SSSR count). The fourth-order valence-electron chi connectivity index (χ4n) is 2.29. The molecule has 0 aliphatic heterocycles. The average Bonchev–Trinajstić information content (AvgIpc) is 2.46. The summed E-state index contributed by atoms with van der Waals surface area (Å²) in [6.45, 7) is 0. The van der Waals surface area contributed by atoms with Gasteiger partial charge in [-0.2, -0.15) is 0 Å². The van der Waals surface area contributed by atoms with Gasteiger partial charge < -0.3 is 10.5 Å². The Morgan fingerprint density at radius 1 is 1.21 bits per heavy atom. The summed E-state index contributed by atoms with van der Waals surface area (Å²) in [7, 11) is 1.37. The van der Waals surface area contributed by atoms with Gasteiger partial charge >= 0.3 is 5.97 Å². The second-order valence-corrected chi connectivity index (χ2v) is 4.66. The fourth-order valence-corrected chi connectivity index (χ4v) is 2.29. The Balaban J connectivity index is 2.00. The SMILES string of the molecule is COC(=O)C(N)CCCc1cccc2ccccc12. The molecule has 0 radical (unpaired) electrons. The van der Waals surface area contributed by atoms with E-state index < -0.39 is 6.04 Å². The van der Waals surface area contributed by atoms with Crippen LogP contribution in [-0.2, 0) is 16.0 Å². The number of carbonyl (C=O) groups is 1. The Morgan fingerprint density at radius 3 is 2.74 bits per heavy atom. The van der Waals surface area contributed by atoms with Gasteiger partial charge in [0.1, 0.15) is 6.04 Å². The van der Waals surface area contributed by atoms with E-state index in [2.05, 4.69) is 35.1 Å². The predicted octanol–water partition coefficient (Wildman–Crippen LogP) is 2.66. The molecule has 2 aromatic rings. The van der Waals surface area contributed by atoms with E-state index in [1.807, 2.05) is 12.1 Å². The number of carbonyl (C=O) groups excluding carboxylic acids is 1. The third kappa shape index (κ3) is 3.32. The van der Waals surface area contributed by atoms with Gasteiger partial charge in [-0.05, 0) is 35.6 Å². The maximum Gasteiger partial charge on any atom is 0.322 e. The summed E-state index contributed by atoms with van der Waals surface area (Å²) in [6, 6.07) is 14.1. The number of hydrogen-bond acceptors (Lipinski definition) is 3. The van der Waals surface area contributed by atoms with Crippen molar-refractivity contribution in [1.29, 1.82) is 0 Å². The topological polar surface area (TPSA) is 52.3 Å². The number of hydrogen-bond donors (Lipinski definition) is 1. The van der Waals surface area contributed by atoms with Crippen molar-refractivity contribution in [3.63, 3.8) is 0 Å². The molecule has 2 N–H and O–H groups in total. The standard InChI is InChI=1S/C16H19NO2/c1-19-16(18)15(17)11-5-9-13-8-4-7-12-6-2-3-10-14(12)13/h2-4,6-8,10,15H,5,9,11,17H2,1H3. The van der Waals surface area contributed by atoms with Crippen molar-refractivity contribution in [3.8, 4) is 0 Å². The number of rotatable bonds is 5. The van der Waals surface area contributed by atoms with Crippen molar-refractivity contribution < 1.29 is 9.53 Å². The minimum absolute atomic E-state index is 0.335. The highest BCUT2D eigenvalue weighted by Gasteiger charge is 2.12. The van der Waals surface area contributed by atoms with Crippen LogP contribution in [0.1, 0.15) is 18.4 Å². The van der Waals surface area contributed by atoms with Gasteiger partial charge in [0.25, 0.3) is 0 Å². The molecule has 0 fully saturated rings. The quantitative estimate of drug-likeness (QED) is 0.838. The van der Waals surface area contributed by atoms with Crippen molar-refractivity contribution in [3.05, 3.63) is 48.0 Å². The Bertz CT molecular complexity index is 560. The van der Waals surface area contributed by atoms with Crippen LogP contribution < -0.4 is 5.73 Å². The van der Waals surface area contributed by atoms with Gasteiger partial charge in [0.05, 0.1) is 7.11 Å². The molecule has 19 heavy (non-hydrogen) atoms. The molecular formula is C16H19NO2. The van der Waals surface area contributed by atoms with E-state index in [4.69, 9.17) is 5.73 Å². The molecule has 2 aromatic carbocycles. The first kappa shape index (κ1) is 13.6. The Morgan fingerprint density at radius 2 is 1.95 bits per heavy atom. The summed E-state index contributed by atoms with van der Waals surface area (Å²) < 4.78 is 4.62. The van der Waals surface area contributed by atoms with E-state index in [9.17, 15) is 4.79 Å². The molecule has 0 heterocycles. The molecule has 0 amide bonds. The Hall–Kier alpha value is -1.87. The van der Waals surface area contributed by atoms with Gasteiger partial charge in [-0.15, -0.1) is 0 Å². The van der Waals surface area contributed by atoms with Crippen LogP contribution in [0, 0.1) is 0 Å². The van der Waals surface area contributed by atoms with E-state index >= 15 is 0 Å². The molecule has 0 aliphatic rings. The Labute approximate surface area is 113 Å². The van der Waals surface area contributed by atoms with Crippen LogP contribution in [0.2, 0.25) is 0 Å². The lowest BCUT2D eigenvalue weighted by Crippen LogP contribution is -2.31. The van der Waals surface area contributed by atoms with Gasteiger partial charge in [-0.25, -0.2) is 0 Å². The normalized spacial score (nSPS) is 12.3. The van der Waals surface area contributed by atoms with Crippen LogP contribution >= 0.6 is 0 Å². The lowest BCUT2D eigenvalue weighted by Gasteiger charge is -2.10. The summed E-state index contributed by atoms with van der Waals surface area (Å²) in [5.74, 6) is -0.335. The zero-order chi connectivity index (χ0) is 13.7. The summed E-state index contributed by atoms with van der Waals surface area (Å²) in [5, 5.41) is 2.52. The molecule has 0 aliphatic carbocycles. The van der Waals surface area contributed by atoms with Crippen LogP contribution in [0.5, 0.6) is 0 Å². The van der Waals surface area contributed by atoms with Crippen molar-refractivity contribution in [2.75, 3.05) is 7.11 Å². The summed E-state index contributed by atoms with van der Waals surface area (Å²) >= 11 is 0. The van der Waals surface area contributed by atoms with Crippen molar-refractivity contribution in [2.45, 2.75) is 25.3 Å². The first-order chi connectivity index (χ1) is 9.22. The van der Waals surface area contributed by atoms with Crippen LogP contribution in [0.15, 0.2) is 42.5 Å². The third-order valence-corrected chi connectivity index (χ3v) is 3.35. The minimum Gasteiger partial charge on any atom is -0.468 e. The molecule has 0 bridgehead atoms. The minimum atomic E-state index is -0.514. The second kappa shape index (κ2) is 6.34. The van der Waals surface area contributed by atoms with Gasteiger partial charge in [-0.3, -0.25) is 4.79 Å². The highest BCUT2D eigenvalue weighted by molar-refractivity contribution is 5.85. The molecule has 3 heteroatoms. The molecule has 0 saturated heterocycles. The number of methoxy groups -OCH3 is 1. The molecule has 100 valence electrons. The van der Waals surface area contributed by atoms with E-state index in [-0.39, 0.29) is 5.97 Å². The number of nitrogens with two attached hydrogens (primary N) is 1. The maximum absolute atomic E-state index is 11.2. The highest BCUT2D eigenvalue weighted by atomic mass is 16.5. The molecule has 0 saturated carbocycles. The van der Waals surface area contributed by atoms with Crippen molar-refractivity contribution in [2.24, 2.45) is 5.73 Å². The van der Waals surface area contributed by atoms with E-state index in [0.717, 1.165) is 12.8 Å². The maximum atomic E-state index is 11.2. The number of fused-ring (bicyclic) bond motifs is 1. The van der Waals surface area contributed by atoms with Gasteiger partial charge in [0, 0.05) is 0 Å². The van der Waals surface area contributed by atoms with Crippen LogP contribution in [0.25, 0.3) is 10.8 Å². The average molecular weight is 257 g/mol. The zero-order valence-electron chi connectivity index (χ0n) is 11.1.